The fourth-order valence-corrected chi connectivity index (χ4v) is 2.37. The number of fused-ring (bicyclic) bond motifs is 2. The minimum Gasteiger partial charge on any atom is -0.482 e. The molecule has 0 fully saturated rings. The third-order valence-electron chi connectivity index (χ3n) is 3.32. The number of alkyl halides is 3. The fourth-order valence-electron chi connectivity index (χ4n) is 2.37. The molecule has 0 saturated carbocycles. The van der Waals surface area contributed by atoms with E-state index in [9.17, 15) is 18.0 Å². The molecule has 1 N–H and O–H groups in total. The molecule has 0 amide bonds. The molecule has 0 atom stereocenters. The lowest BCUT2D eigenvalue weighted by molar-refractivity contribution is -0.153. The summed E-state index contributed by atoms with van der Waals surface area (Å²) in [4.78, 5) is 15.4. The van der Waals surface area contributed by atoms with E-state index in [-0.39, 0.29) is 17.8 Å². The molecule has 2 heterocycles. The van der Waals surface area contributed by atoms with Gasteiger partial charge in [0.2, 0.25) is 0 Å². The van der Waals surface area contributed by atoms with E-state index in [0.29, 0.717) is 35.2 Å². The first-order valence-electron chi connectivity index (χ1n) is 6.40. The quantitative estimate of drug-likeness (QED) is 0.927. The second-order valence-electron chi connectivity index (χ2n) is 4.80. The molecule has 4 nitrogen and oxygen atoms in total. The molecule has 112 valence electrons. The molecule has 1 aromatic carbocycles. The van der Waals surface area contributed by atoms with Crippen LogP contribution in [0, 0.1) is 0 Å². The Bertz CT molecular complexity index is 737. The molecule has 0 bridgehead atoms. The van der Waals surface area contributed by atoms with Crippen molar-refractivity contribution in [3.05, 3.63) is 39.7 Å². The SMILES string of the molecule is O=c1c2c([nH]c3c(OCC(F)(F)F)cccc13)CCOC2. The molecule has 0 saturated heterocycles. The van der Waals surface area contributed by atoms with Gasteiger partial charge in [0.1, 0.15) is 5.75 Å². The molecule has 1 aromatic heterocycles. The average molecular weight is 299 g/mol. The third kappa shape index (κ3) is 2.73. The lowest BCUT2D eigenvalue weighted by atomic mass is 10.1. The van der Waals surface area contributed by atoms with Crippen molar-refractivity contribution in [1.29, 1.82) is 0 Å². The summed E-state index contributed by atoms with van der Waals surface area (Å²) in [6.07, 6.45) is -3.90. The molecule has 0 radical (unpaired) electrons. The molecule has 1 aliphatic rings. The zero-order chi connectivity index (χ0) is 15.0. The van der Waals surface area contributed by atoms with Gasteiger partial charge in [0.15, 0.2) is 12.0 Å². The molecular formula is C14H12F3NO3. The molecule has 0 spiro atoms. The highest BCUT2D eigenvalue weighted by Gasteiger charge is 2.29. The Morgan fingerprint density at radius 3 is 2.90 bits per heavy atom. The maximum absolute atomic E-state index is 12.3. The van der Waals surface area contributed by atoms with Gasteiger partial charge in [-0.05, 0) is 12.1 Å². The summed E-state index contributed by atoms with van der Waals surface area (Å²) in [5.74, 6) is 0.0243. The first-order chi connectivity index (χ1) is 9.96. The highest BCUT2D eigenvalue weighted by atomic mass is 19.4. The van der Waals surface area contributed by atoms with E-state index in [2.05, 4.69) is 4.98 Å². The van der Waals surface area contributed by atoms with Gasteiger partial charge >= 0.3 is 6.18 Å². The number of pyridine rings is 1. The first kappa shape index (κ1) is 13.9. The highest BCUT2D eigenvalue weighted by molar-refractivity contribution is 5.85. The maximum atomic E-state index is 12.3. The van der Waals surface area contributed by atoms with Gasteiger partial charge < -0.3 is 14.5 Å². The number of benzene rings is 1. The normalized spacial score (nSPS) is 15.0. The fraction of sp³-hybridized carbons (Fsp3) is 0.357. The lowest BCUT2D eigenvalue weighted by Gasteiger charge is -2.18. The van der Waals surface area contributed by atoms with E-state index in [1.165, 1.54) is 12.1 Å². The van der Waals surface area contributed by atoms with Crippen molar-refractivity contribution in [1.82, 2.24) is 4.98 Å². The zero-order valence-electron chi connectivity index (χ0n) is 10.9. The topological polar surface area (TPSA) is 51.3 Å². The van der Waals surface area contributed by atoms with Crippen molar-refractivity contribution in [3.63, 3.8) is 0 Å². The number of nitrogens with one attached hydrogen (secondary N) is 1. The van der Waals surface area contributed by atoms with E-state index in [1.807, 2.05) is 0 Å². The van der Waals surface area contributed by atoms with Gasteiger partial charge in [-0.1, -0.05) is 6.07 Å². The molecule has 1 aliphatic heterocycles. The Labute approximate surface area is 117 Å². The lowest BCUT2D eigenvalue weighted by Crippen LogP contribution is -2.23. The van der Waals surface area contributed by atoms with Crippen LogP contribution in [0.4, 0.5) is 13.2 Å². The summed E-state index contributed by atoms with van der Waals surface area (Å²) >= 11 is 0. The van der Waals surface area contributed by atoms with E-state index >= 15 is 0 Å². The van der Waals surface area contributed by atoms with Gasteiger partial charge in [-0.15, -0.1) is 0 Å². The summed E-state index contributed by atoms with van der Waals surface area (Å²) in [6.45, 7) is -0.706. The van der Waals surface area contributed by atoms with Gasteiger partial charge in [-0.25, -0.2) is 0 Å². The summed E-state index contributed by atoms with van der Waals surface area (Å²) in [6, 6.07) is 4.47. The van der Waals surface area contributed by atoms with Crippen LogP contribution in [0.5, 0.6) is 5.75 Å². The minimum absolute atomic E-state index is 0.0243. The molecule has 21 heavy (non-hydrogen) atoms. The Balaban J connectivity index is 2.10. The molecule has 0 unspecified atom stereocenters. The van der Waals surface area contributed by atoms with Crippen LogP contribution in [0.3, 0.4) is 0 Å². The van der Waals surface area contributed by atoms with Crippen LogP contribution in [0.25, 0.3) is 10.9 Å². The number of H-pyrrole nitrogens is 1. The largest absolute Gasteiger partial charge is 0.482 e. The summed E-state index contributed by atoms with van der Waals surface area (Å²) < 4.78 is 46.9. The van der Waals surface area contributed by atoms with E-state index in [1.54, 1.807) is 6.07 Å². The number of rotatable bonds is 2. The Kier molecular flexibility index (Phi) is 3.36. The van der Waals surface area contributed by atoms with Crippen molar-refractivity contribution in [2.45, 2.75) is 19.2 Å². The van der Waals surface area contributed by atoms with Crippen LogP contribution in [0.15, 0.2) is 23.0 Å². The van der Waals surface area contributed by atoms with Gasteiger partial charge in [0.05, 0.1) is 18.7 Å². The second kappa shape index (κ2) is 5.07. The third-order valence-corrected chi connectivity index (χ3v) is 3.32. The van der Waals surface area contributed by atoms with Crippen molar-refractivity contribution < 1.29 is 22.6 Å². The van der Waals surface area contributed by atoms with E-state index < -0.39 is 12.8 Å². The van der Waals surface area contributed by atoms with Gasteiger partial charge in [0.25, 0.3) is 0 Å². The predicted octanol–water partition coefficient (Wildman–Crippen LogP) is 2.54. The predicted molar refractivity (Wildman–Crippen MR) is 69.5 cm³/mol. The monoisotopic (exact) mass is 299 g/mol. The van der Waals surface area contributed by atoms with E-state index in [0.717, 1.165) is 0 Å². The van der Waals surface area contributed by atoms with Crippen LogP contribution >= 0.6 is 0 Å². The zero-order valence-corrected chi connectivity index (χ0v) is 10.9. The minimum atomic E-state index is -4.43. The number of aromatic amines is 1. The van der Waals surface area contributed by atoms with Crippen LogP contribution in [0.2, 0.25) is 0 Å². The number of aromatic nitrogens is 1. The molecule has 3 rings (SSSR count). The van der Waals surface area contributed by atoms with E-state index in [4.69, 9.17) is 9.47 Å². The van der Waals surface area contributed by atoms with Gasteiger partial charge in [-0.2, -0.15) is 13.2 Å². The summed E-state index contributed by atoms with van der Waals surface area (Å²) in [5.41, 5.74) is 1.30. The number of ether oxygens (including phenoxy) is 2. The van der Waals surface area contributed by atoms with Crippen molar-refractivity contribution in [2.24, 2.45) is 0 Å². The van der Waals surface area contributed by atoms with Crippen LogP contribution in [0.1, 0.15) is 11.3 Å². The number of para-hydroxylation sites is 1. The number of hydrogen-bond donors (Lipinski definition) is 1. The smallest absolute Gasteiger partial charge is 0.422 e. The average Bonchev–Trinajstić information content (AvgIpc) is 2.45. The Hall–Kier alpha value is -2.02. The molecular weight excluding hydrogens is 287 g/mol. The van der Waals surface area contributed by atoms with Gasteiger partial charge in [0, 0.05) is 23.1 Å². The summed E-state index contributed by atoms with van der Waals surface area (Å²) in [5, 5.41) is 0.305. The second-order valence-corrected chi connectivity index (χ2v) is 4.80. The number of hydrogen-bond acceptors (Lipinski definition) is 3. The highest BCUT2D eigenvalue weighted by Crippen LogP contribution is 2.26. The maximum Gasteiger partial charge on any atom is 0.422 e. The van der Waals surface area contributed by atoms with Crippen molar-refractivity contribution >= 4 is 10.9 Å². The standard InChI is InChI=1S/C14H12F3NO3/c15-14(16,17)7-21-11-3-1-2-8-12(11)18-10-4-5-20-6-9(10)13(8)19/h1-3H,4-7H2,(H,18,19). The van der Waals surface area contributed by atoms with Crippen molar-refractivity contribution in [3.8, 4) is 5.75 Å². The number of halogens is 3. The van der Waals surface area contributed by atoms with Crippen LogP contribution in [-0.2, 0) is 17.8 Å². The Morgan fingerprint density at radius 2 is 2.14 bits per heavy atom. The van der Waals surface area contributed by atoms with Gasteiger partial charge in [-0.3, -0.25) is 4.79 Å². The molecule has 2 aromatic rings. The van der Waals surface area contributed by atoms with Crippen LogP contribution < -0.4 is 10.2 Å². The molecule has 7 heteroatoms. The Morgan fingerprint density at radius 1 is 1.33 bits per heavy atom. The van der Waals surface area contributed by atoms with Crippen molar-refractivity contribution in [2.75, 3.05) is 13.2 Å². The van der Waals surface area contributed by atoms with Crippen LogP contribution in [-0.4, -0.2) is 24.4 Å². The molecule has 0 aliphatic carbocycles. The summed E-state index contributed by atoms with van der Waals surface area (Å²) in [7, 11) is 0. The first-order valence-corrected chi connectivity index (χ1v) is 6.40.